The number of dihydropyridines is 1. The zero-order valence-corrected chi connectivity index (χ0v) is 10.9. The van der Waals surface area contributed by atoms with E-state index in [0.717, 1.165) is 13.0 Å². The average Bonchev–Trinajstić information content (AvgIpc) is 2.16. The molecular formula is C14H25N. The Hall–Kier alpha value is -0.590. The molecule has 1 heterocycles. The van der Waals surface area contributed by atoms with Crippen LogP contribution in [0.2, 0.25) is 0 Å². The molecule has 0 aromatic rings. The summed E-state index contributed by atoms with van der Waals surface area (Å²) in [7, 11) is 0. The average molecular weight is 207 g/mol. The Morgan fingerprint density at radius 1 is 1.27 bits per heavy atom. The van der Waals surface area contributed by atoms with Crippen molar-refractivity contribution in [2.75, 3.05) is 6.54 Å². The molecule has 0 radical (unpaired) electrons. The molecule has 1 atom stereocenters. The Morgan fingerprint density at radius 3 is 2.33 bits per heavy atom. The summed E-state index contributed by atoms with van der Waals surface area (Å²) in [5, 5.41) is 0. The maximum atomic E-state index is 4.41. The van der Waals surface area contributed by atoms with Crippen LogP contribution in [0.4, 0.5) is 0 Å². The van der Waals surface area contributed by atoms with Gasteiger partial charge in [0.05, 0.1) is 0 Å². The lowest BCUT2D eigenvalue weighted by Crippen LogP contribution is -2.27. The highest BCUT2D eigenvalue weighted by Gasteiger charge is 2.31. The molecule has 1 heteroatoms. The van der Waals surface area contributed by atoms with Crippen molar-refractivity contribution in [1.29, 1.82) is 0 Å². The molecule has 0 aliphatic carbocycles. The van der Waals surface area contributed by atoms with Gasteiger partial charge in [-0.15, -0.1) is 0 Å². The molecule has 1 rings (SSSR count). The van der Waals surface area contributed by atoms with E-state index in [1.54, 1.807) is 0 Å². The summed E-state index contributed by atoms with van der Waals surface area (Å²) in [5.41, 5.74) is 2.14. The van der Waals surface area contributed by atoms with Crippen LogP contribution in [0.25, 0.3) is 0 Å². The van der Waals surface area contributed by atoms with Crippen molar-refractivity contribution in [3.63, 3.8) is 0 Å². The first kappa shape index (κ1) is 12.5. The van der Waals surface area contributed by atoms with Gasteiger partial charge in [0, 0.05) is 12.8 Å². The van der Waals surface area contributed by atoms with Gasteiger partial charge in [0.2, 0.25) is 0 Å². The fourth-order valence-electron chi connectivity index (χ4n) is 2.51. The lowest BCUT2D eigenvalue weighted by atomic mass is 9.69. The van der Waals surface area contributed by atoms with Gasteiger partial charge in [-0.25, -0.2) is 0 Å². The minimum Gasteiger partial charge on any atom is -0.293 e. The Balaban J connectivity index is 2.84. The van der Waals surface area contributed by atoms with Crippen molar-refractivity contribution in [3.8, 4) is 0 Å². The summed E-state index contributed by atoms with van der Waals surface area (Å²) >= 11 is 0. The van der Waals surface area contributed by atoms with E-state index >= 15 is 0 Å². The number of hydrogen-bond donors (Lipinski definition) is 0. The second kappa shape index (κ2) is 4.51. The van der Waals surface area contributed by atoms with Gasteiger partial charge in [0.25, 0.3) is 0 Å². The van der Waals surface area contributed by atoms with E-state index in [1.165, 1.54) is 18.4 Å². The minimum atomic E-state index is 0.308. The lowest BCUT2D eigenvalue weighted by Gasteiger charge is -2.36. The molecule has 0 saturated heterocycles. The van der Waals surface area contributed by atoms with Crippen molar-refractivity contribution in [2.24, 2.45) is 15.8 Å². The molecule has 86 valence electrons. The molecule has 0 bridgehead atoms. The predicted molar refractivity (Wildman–Crippen MR) is 68.5 cm³/mol. The molecule has 0 N–H and O–H groups in total. The van der Waals surface area contributed by atoms with Crippen molar-refractivity contribution >= 4 is 6.21 Å². The van der Waals surface area contributed by atoms with Gasteiger partial charge in [0.15, 0.2) is 0 Å². The summed E-state index contributed by atoms with van der Waals surface area (Å²) in [4.78, 5) is 4.41. The summed E-state index contributed by atoms with van der Waals surface area (Å²) < 4.78 is 0. The van der Waals surface area contributed by atoms with Gasteiger partial charge in [-0.05, 0) is 35.7 Å². The summed E-state index contributed by atoms with van der Waals surface area (Å²) in [6.07, 6.45) is 8.02. The van der Waals surface area contributed by atoms with Crippen LogP contribution in [0.1, 0.15) is 53.9 Å². The highest BCUT2D eigenvalue weighted by molar-refractivity contribution is 5.81. The molecular weight excluding hydrogens is 182 g/mol. The van der Waals surface area contributed by atoms with E-state index < -0.39 is 0 Å². The quantitative estimate of drug-likeness (QED) is 0.656. The number of allylic oxidation sites excluding steroid dienone is 1. The van der Waals surface area contributed by atoms with Crippen LogP contribution in [0.15, 0.2) is 16.6 Å². The monoisotopic (exact) mass is 207 g/mol. The van der Waals surface area contributed by atoms with Crippen molar-refractivity contribution < 1.29 is 0 Å². The fourth-order valence-corrected chi connectivity index (χ4v) is 2.51. The number of aliphatic imine (C=N–C) groups is 1. The van der Waals surface area contributed by atoms with E-state index in [1.807, 2.05) is 0 Å². The standard InChI is InChI=1S/C14H25N/c1-6-14(5,11-13(2,3)4)12-8-7-9-15-10-12/h8,10H,6-7,9,11H2,1-5H3. The molecule has 1 aliphatic rings. The lowest BCUT2D eigenvalue weighted by molar-refractivity contribution is 0.230. The molecule has 0 spiro atoms. The Bertz CT molecular complexity index is 268. The van der Waals surface area contributed by atoms with Crippen LogP contribution in [-0.2, 0) is 0 Å². The van der Waals surface area contributed by atoms with Gasteiger partial charge in [-0.3, -0.25) is 4.99 Å². The van der Waals surface area contributed by atoms with Crippen LogP contribution in [0, 0.1) is 10.8 Å². The van der Waals surface area contributed by atoms with Gasteiger partial charge >= 0.3 is 0 Å². The molecule has 0 fully saturated rings. The Labute approximate surface area is 94.7 Å². The smallest absolute Gasteiger partial charge is 0.0424 e. The zero-order valence-electron chi connectivity index (χ0n) is 10.9. The second-order valence-electron chi connectivity index (χ2n) is 6.14. The minimum absolute atomic E-state index is 0.308. The molecule has 15 heavy (non-hydrogen) atoms. The predicted octanol–water partition coefficient (Wildman–Crippen LogP) is 4.24. The second-order valence-corrected chi connectivity index (χ2v) is 6.14. The number of hydrogen-bond acceptors (Lipinski definition) is 1. The van der Waals surface area contributed by atoms with Crippen molar-refractivity contribution in [1.82, 2.24) is 0 Å². The Morgan fingerprint density at radius 2 is 1.93 bits per heavy atom. The molecule has 1 aliphatic heterocycles. The first-order chi connectivity index (χ1) is 6.87. The largest absolute Gasteiger partial charge is 0.293 e. The first-order valence-corrected chi connectivity index (χ1v) is 6.08. The highest BCUT2D eigenvalue weighted by Crippen LogP contribution is 2.41. The normalized spacial score (nSPS) is 21.0. The summed E-state index contributed by atoms with van der Waals surface area (Å²) in [6, 6.07) is 0. The van der Waals surface area contributed by atoms with Crippen molar-refractivity contribution in [2.45, 2.75) is 53.9 Å². The fraction of sp³-hybridized carbons (Fsp3) is 0.786. The SMILES string of the molecule is CCC(C)(CC(C)(C)C)C1=CCCN=C1. The maximum Gasteiger partial charge on any atom is 0.0424 e. The third kappa shape index (κ3) is 3.48. The molecule has 0 aromatic heterocycles. The summed E-state index contributed by atoms with van der Waals surface area (Å²) in [6.45, 7) is 12.6. The van der Waals surface area contributed by atoms with E-state index in [0.29, 0.717) is 10.8 Å². The molecule has 0 amide bonds. The van der Waals surface area contributed by atoms with Gasteiger partial charge in [-0.1, -0.05) is 40.7 Å². The zero-order chi connectivity index (χ0) is 11.5. The van der Waals surface area contributed by atoms with Crippen molar-refractivity contribution in [3.05, 3.63) is 11.6 Å². The van der Waals surface area contributed by atoms with E-state index in [-0.39, 0.29) is 0 Å². The molecule has 0 aromatic carbocycles. The third-order valence-corrected chi connectivity index (χ3v) is 3.25. The molecule has 1 nitrogen and oxygen atoms in total. The van der Waals surface area contributed by atoms with Crippen LogP contribution < -0.4 is 0 Å². The van der Waals surface area contributed by atoms with Crippen LogP contribution >= 0.6 is 0 Å². The highest BCUT2D eigenvalue weighted by atomic mass is 14.7. The van der Waals surface area contributed by atoms with Gasteiger partial charge in [-0.2, -0.15) is 0 Å². The molecule has 1 unspecified atom stereocenters. The number of rotatable bonds is 3. The third-order valence-electron chi connectivity index (χ3n) is 3.25. The van der Waals surface area contributed by atoms with E-state index in [2.05, 4.69) is 51.9 Å². The molecule has 0 saturated carbocycles. The van der Waals surface area contributed by atoms with Gasteiger partial charge in [0.1, 0.15) is 0 Å². The number of nitrogens with zero attached hydrogens (tertiary/aromatic N) is 1. The maximum absolute atomic E-state index is 4.41. The Kier molecular flexibility index (Phi) is 3.75. The van der Waals surface area contributed by atoms with Crippen LogP contribution in [0.3, 0.4) is 0 Å². The topological polar surface area (TPSA) is 12.4 Å². The van der Waals surface area contributed by atoms with Gasteiger partial charge < -0.3 is 0 Å². The first-order valence-electron chi connectivity index (χ1n) is 6.08. The van der Waals surface area contributed by atoms with E-state index in [9.17, 15) is 0 Å². The van der Waals surface area contributed by atoms with Crippen LogP contribution in [0.5, 0.6) is 0 Å². The summed E-state index contributed by atoms with van der Waals surface area (Å²) in [5.74, 6) is 0. The van der Waals surface area contributed by atoms with Crippen LogP contribution in [-0.4, -0.2) is 12.8 Å². The van der Waals surface area contributed by atoms with E-state index in [4.69, 9.17) is 0 Å².